The fourth-order valence-electron chi connectivity index (χ4n) is 4.81. The summed E-state index contributed by atoms with van der Waals surface area (Å²) in [7, 11) is 0. The maximum Gasteiger partial charge on any atom is 0.492 e. The number of hydroxylamine groups is 1. The monoisotopic (exact) mass is 500 g/mol. The van der Waals surface area contributed by atoms with Crippen LogP contribution < -0.4 is 10.2 Å². The van der Waals surface area contributed by atoms with Gasteiger partial charge in [-0.2, -0.15) is 18.7 Å². The van der Waals surface area contributed by atoms with Crippen molar-refractivity contribution < 1.29 is 42.5 Å². The van der Waals surface area contributed by atoms with E-state index in [0.29, 0.717) is 22.3 Å². The quantitative estimate of drug-likeness (QED) is 0.360. The Hall–Kier alpha value is -4.25. The van der Waals surface area contributed by atoms with E-state index in [4.69, 9.17) is 4.74 Å². The van der Waals surface area contributed by atoms with Crippen molar-refractivity contribution in [2.75, 3.05) is 13.1 Å². The van der Waals surface area contributed by atoms with E-state index in [-0.39, 0.29) is 48.4 Å². The summed E-state index contributed by atoms with van der Waals surface area (Å²) in [6.07, 6.45) is -5.00. The molecule has 1 amide bonds. The number of amides is 1. The number of alkyl halides is 3. The molecule has 3 aromatic rings. The average Bonchev–Trinajstić information content (AvgIpc) is 3.07. The number of phenols is 2. The summed E-state index contributed by atoms with van der Waals surface area (Å²) < 4.78 is 43.1. The molecule has 0 unspecified atom stereocenters. The maximum atomic E-state index is 13.7. The van der Waals surface area contributed by atoms with E-state index in [1.807, 2.05) is 5.48 Å². The Kier molecular flexibility index (Phi) is 5.51. The zero-order valence-electron chi connectivity index (χ0n) is 18.5. The lowest BCUT2D eigenvalue weighted by molar-refractivity contribution is -0.206. The number of nitrogens with zero attached hydrogens (tertiary/aromatic N) is 1. The summed E-state index contributed by atoms with van der Waals surface area (Å²) in [5.41, 5.74) is 2.99. The van der Waals surface area contributed by atoms with Crippen molar-refractivity contribution in [1.82, 2.24) is 10.4 Å². The Bertz CT molecular complexity index is 1320. The maximum absolute atomic E-state index is 13.7. The van der Waals surface area contributed by atoms with Crippen LogP contribution in [-0.4, -0.2) is 46.3 Å². The molecular weight excluding hydrogens is 481 g/mol. The van der Waals surface area contributed by atoms with Crippen LogP contribution in [0.2, 0.25) is 0 Å². The van der Waals surface area contributed by atoms with Crippen LogP contribution >= 0.6 is 0 Å². The van der Waals surface area contributed by atoms with E-state index in [0.717, 1.165) is 0 Å². The molecule has 3 N–H and O–H groups in total. The second kappa shape index (κ2) is 8.45. The molecule has 8 nitrogen and oxygen atoms in total. The molecule has 2 aliphatic rings. The highest BCUT2D eigenvalue weighted by molar-refractivity contribution is 6.02. The molecule has 1 spiro atoms. The number of halogens is 3. The van der Waals surface area contributed by atoms with E-state index in [1.54, 1.807) is 41.3 Å². The molecule has 0 fully saturated rings. The third kappa shape index (κ3) is 3.59. The summed E-state index contributed by atoms with van der Waals surface area (Å²) in [5.74, 6) is -2.26. The topological polar surface area (TPSA) is 108 Å². The lowest BCUT2D eigenvalue weighted by Crippen LogP contribution is -2.48. The minimum absolute atomic E-state index is 0.0602. The molecule has 0 saturated carbocycles. The number of rotatable bonds is 5. The molecule has 2 heterocycles. The second-order valence-corrected chi connectivity index (χ2v) is 8.31. The van der Waals surface area contributed by atoms with E-state index in [2.05, 4.69) is 4.84 Å². The molecule has 0 saturated heterocycles. The van der Waals surface area contributed by atoms with Crippen LogP contribution in [0.3, 0.4) is 0 Å². The predicted molar refractivity (Wildman–Crippen MR) is 118 cm³/mol. The smallest absolute Gasteiger partial charge is 0.492 e. The molecule has 5 rings (SSSR count). The molecule has 2 aliphatic heterocycles. The van der Waals surface area contributed by atoms with Gasteiger partial charge < -0.3 is 24.7 Å². The van der Waals surface area contributed by atoms with E-state index >= 15 is 0 Å². The van der Waals surface area contributed by atoms with Crippen molar-refractivity contribution in [2.45, 2.75) is 18.1 Å². The first-order chi connectivity index (χ1) is 17.1. The highest BCUT2D eigenvalue weighted by Gasteiger charge is 2.56. The normalized spacial score (nSPS) is 15.2. The Morgan fingerprint density at radius 1 is 0.972 bits per heavy atom. The van der Waals surface area contributed by atoms with Gasteiger partial charge in [-0.25, -0.2) is 4.79 Å². The molecule has 36 heavy (non-hydrogen) atoms. The standard InChI is InChI=1S/C25H19F3N2O6/c26-25(27,28)23(34)36-29-10-3-11-30-22(33)16-4-1-2-5-17(16)24(30)18-8-6-14(31)12-20(18)35-21-13-15(32)7-9-19(21)24/h1-2,4-9,12-13,29,31-32H,3,10-11H2. The summed E-state index contributed by atoms with van der Waals surface area (Å²) in [5, 5.41) is 20.2. The van der Waals surface area contributed by atoms with Gasteiger partial charge >= 0.3 is 12.1 Å². The highest BCUT2D eigenvalue weighted by atomic mass is 19.4. The Morgan fingerprint density at radius 3 is 2.19 bits per heavy atom. The first-order valence-corrected chi connectivity index (χ1v) is 10.9. The molecule has 0 aliphatic carbocycles. The summed E-state index contributed by atoms with van der Waals surface area (Å²) >= 11 is 0. The third-order valence-corrected chi connectivity index (χ3v) is 6.18. The number of benzene rings is 3. The van der Waals surface area contributed by atoms with Crippen molar-refractivity contribution in [3.8, 4) is 23.0 Å². The van der Waals surface area contributed by atoms with Crippen molar-refractivity contribution in [1.29, 1.82) is 0 Å². The van der Waals surface area contributed by atoms with Gasteiger partial charge in [0.05, 0.1) is 0 Å². The fraction of sp³-hybridized carbons (Fsp3) is 0.200. The van der Waals surface area contributed by atoms with Crippen LogP contribution in [0.1, 0.15) is 33.5 Å². The number of phenolic OH excluding ortho intramolecular Hbond substituents is 2. The Balaban J connectivity index is 1.57. The largest absolute Gasteiger partial charge is 0.508 e. The SMILES string of the molecule is O=C1c2ccccc2C2(c3ccc(O)cc3Oc3cc(O)ccc32)N1CCCNOC(=O)C(F)(F)F. The Morgan fingerprint density at radius 2 is 1.58 bits per heavy atom. The van der Waals surface area contributed by atoms with Crippen LogP contribution in [-0.2, 0) is 15.2 Å². The zero-order valence-corrected chi connectivity index (χ0v) is 18.5. The lowest BCUT2D eigenvalue weighted by Gasteiger charge is -2.44. The highest BCUT2D eigenvalue weighted by Crippen LogP contribution is 2.58. The molecule has 186 valence electrons. The number of carbonyl (C=O) groups is 2. The van der Waals surface area contributed by atoms with Crippen LogP contribution in [0.4, 0.5) is 13.2 Å². The second-order valence-electron chi connectivity index (χ2n) is 8.31. The van der Waals surface area contributed by atoms with Gasteiger partial charge in [-0.05, 0) is 42.3 Å². The first kappa shape index (κ1) is 23.5. The van der Waals surface area contributed by atoms with Gasteiger partial charge in [0.1, 0.15) is 28.5 Å². The molecule has 0 bridgehead atoms. The summed E-state index contributed by atoms with van der Waals surface area (Å²) in [6, 6.07) is 16.0. The number of aromatic hydroxyl groups is 2. The Labute approximate surface area is 202 Å². The van der Waals surface area contributed by atoms with Crippen molar-refractivity contribution in [3.05, 3.63) is 82.9 Å². The van der Waals surface area contributed by atoms with Gasteiger partial charge in [-0.1, -0.05) is 18.2 Å². The molecular formula is C25H19F3N2O6. The minimum atomic E-state index is -5.13. The predicted octanol–water partition coefficient (Wildman–Crippen LogP) is 3.95. The summed E-state index contributed by atoms with van der Waals surface area (Å²) in [6.45, 7) is -0.0931. The lowest BCUT2D eigenvalue weighted by atomic mass is 9.74. The molecule has 0 radical (unpaired) electrons. The van der Waals surface area contributed by atoms with E-state index in [9.17, 15) is 33.0 Å². The van der Waals surface area contributed by atoms with E-state index in [1.165, 1.54) is 24.3 Å². The fourth-order valence-corrected chi connectivity index (χ4v) is 4.81. The number of hydrogen-bond donors (Lipinski definition) is 3. The third-order valence-electron chi connectivity index (χ3n) is 6.18. The van der Waals surface area contributed by atoms with Gasteiger partial charge in [0.15, 0.2) is 0 Å². The zero-order chi connectivity index (χ0) is 25.7. The van der Waals surface area contributed by atoms with Gasteiger partial charge in [0, 0.05) is 41.9 Å². The van der Waals surface area contributed by atoms with Crippen LogP contribution in [0.5, 0.6) is 23.0 Å². The van der Waals surface area contributed by atoms with Crippen LogP contribution in [0.15, 0.2) is 60.7 Å². The number of fused-ring (bicyclic) bond motifs is 6. The van der Waals surface area contributed by atoms with Crippen molar-refractivity contribution in [2.24, 2.45) is 0 Å². The minimum Gasteiger partial charge on any atom is -0.508 e. The average molecular weight is 500 g/mol. The summed E-state index contributed by atoms with van der Waals surface area (Å²) in [4.78, 5) is 30.2. The van der Waals surface area contributed by atoms with Crippen molar-refractivity contribution >= 4 is 11.9 Å². The number of ether oxygens (including phenoxy) is 1. The van der Waals surface area contributed by atoms with Gasteiger partial charge in [-0.15, -0.1) is 0 Å². The molecule has 0 aromatic heterocycles. The van der Waals surface area contributed by atoms with E-state index < -0.39 is 17.7 Å². The first-order valence-electron chi connectivity index (χ1n) is 10.9. The van der Waals surface area contributed by atoms with Gasteiger partial charge in [0.2, 0.25) is 0 Å². The van der Waals surface area contributed by atoms with Gasteiger partial charge in [0.25, 0.3) is 5.91 Å². The van der Waals surface area contributed by atoms with Gasteiger partial charge in [-0.3, -0.25) is 4.79 Å². The molecule has 11 heteroatoms. The molecule has 3 aromatic carbocycles. The van der Waals surface area contributed by atoms with Crippen molar-refractivity contribution in [3.63, 3.8) is 0 Å². The van der Waals surface area contributed by atoms with Crippen LogP contribution in [0, 0.1) is 0 Å². The van der Waals surface area contributed by atoms with Crippen LogP contribution in [0.25, 0.3) is 0 Å². The number of nitrogens with one attached hydrogen (secondary N) is 1. The number of carbonyl (C=O) groups excluding carboxylic acids is 2. The number of hydrogen-bond acceptors (Lipinski definition) is 7. The molecule has 0 atom stereocenters.